The maximum absolute atomic E-state index is 14.6. The van der Waals surface area contributed by atoms with Crippen LogP contribution in [-0.4, -0.2) is 82.9 Å². The van der Waals surface area contributed by atoms with Gasteiger partial charge in [0.25, 0.3) is 5.91 Å². The second-order valence-electron chi connectivity index (χ2n) is 14.7. The Morgan fingerprint density at radius 1 is 1.02 bits per heavy atom. The molecule has 4 heterocycles. The third kappa shape index (κ3) is 6.85. The first-order valence-corrected chi connectivity index (χ1v) is 17.9. The lowest BCUT2D eigenvalue weighted by Gasteiger charge is -2.45. The number of amides is 1. The van der Waals surface area contributed by atoms with Gasteiger partial charge in [-0.1, -0.05) is 25.7 Å². The molecule has 0 bridgehead atoms. The number of carboxylic acid groups (broad SMARTS) is 1. The van der Waals surface area contributed by atoms with Crippen molar-refractivity contribution in [2.24, 2.45) is 5.92 Å². The number of carboxylic acids is 1. The van der Waals surface area contributed by atoms with Crippen LogP contribution in [0.3, 0.4) is 0 Å². The zero-order chi connectivity index (χ0) is 34.2. The predicted octanol–water partition coefficient (Wildman–Crippen LogP) is 6.25. The summed E-state index contributed by atoms with van der Waals surface area (Å²) in [5.41, 5.74) is -2.31. The van der Waals surface area contributed by atoms with E-state index in [-0.39, 0.29) is 24.2 Å². The number of likely N-dealkylation sites (tertiary alicyclic amines) is 1. The summed E-state index contributed by atoms with van der Waals surface area (Å²) < 4.78 is 55.5. The molecule has 4 fully saturated rings. The molecule has 2 aliphatic carbocycles. The Balaban J connectivity index is 1.17. The Morgan fingerprint density at radius 3 is 2.41 bits per heavy atom. The molecule has 1 aromatic carbocycles. The second-order valence-corrected chi connectivity index (χ2v) is 14.7. The minimum atomic E-state index is -4.97. The molecule has 2 N–H and O–H groups in total. The van der Waals surface area contributed by atoms with Crippen molar-refractivity contribution in [1.29, 1.82) is 0 Å². The Labute approximate surface area is 284 Å². The van der Waals surface area contributed by atoms with Crippen LogP contribution in [-0.2, 0) is 21.1 Å². The quantitative estimate of drug-likeness (QED) is 0.316. The predicted molar refractivity (Wildman–Crippen MR) is 175 cm³/mol. The number of benzene rings is 1. The fourth-order valence-electron chi connectivity index (χ4n) is 8.51. The molecular weight excluding hydrogens is 639 g/mol. The molecule has 0 atom stereocenters. The number of hydrogen-bond acceptors (Lipinski definition) is 8. The minimum Gasteiger partial charge on any atom is -0.494 e. The molecule has 1 aromatic heterocycles. The summed E-state index contributed by atoms with van der Waals surface area (Å²) in [6.45, 7) is 4.38. The number of ether oxygens (including phenoxy) is 2. The molecule has 5 aliphatic rings. The van der Waals surface area contributed by atoms with Gasteiger partial charge in [-0.05, 0) is 101 Å². The van der Waals surface area contributed by atoms with Crippen LogP contribution in [0.5, 0.6) is 5.75 Å². The molecule has 13 heteroatoms. The topological polar surface area (TPSA) is 117 Å². The van der Waals surface area contributed by atoms with E-state index >= 15 is 0 Å². The number of carbonyl (C=O) groups excluding carboxylic acids is 1. The van der Waals surface area contributed by atoms with Crippen LogP contribution in [0, 0.1) is 5.92 Å². The Kier molecular flexibility index (Phi) is 9.51. The van der Waals surface area contributed by atoms with Gasteiger partial charge in [0, 0.05) is 43.1 Å². The molecule has 7 rings (SSSR count). The van der Waals surface area contributed by atoms with Crippen LogP contribution >= 0.6 is 0 Å². The average Bonchev–Trinajstić information content (AvgIpc) is 3.38. The van der Waals surface area contributed by atoms with Gasteiger partial charge in [-0.15, -0.1) is 0 Å². The van der Waals surface area contributed by atoms with Crippen molar-refractivity contribution in [1.82, 2.24) is 20.2 Å². The maximum atomic E-state index is 14.6. The summed E-state index contributed by atoms with van der Waals surface area (Å²) in [5.74, 6) is -1.20. The van der Waals surface area contributed by atoms with Gasteiger partial charge < -0.3 is 29.7 Å². The summed E-state index contributed by atoms with van der Waals surface area (Å²) in [4.78, 5) is 38.1. The molecule has 1 amide bonds. The maximum Gasteiger partial charge on any atom is 0.434 e. The van der Waals surface area contributed by atoms with Gasteiger partial charge in [0.05, 0.1) is 12.2 Å². The summed E-state index contributed by atoms with van der Waals surface area (Å²) in [7, 11) is 0. The van der Waals surface area contributed by atoms with Crippen molar-refractivity contribution >= 4 is 23.5 Å². The van der Waals surface area contributed by atoms with E-state index in [0.717, 1.165) is 88.0 Å². The van der Waals surface area contributed by atoms with Gasteiger partial charge >= 0.3 is 12.1 Å². The first kappa shape index (κ1) is 34.0. The highest BCUT2D eigenvalue weighted by Gasteiger charge is 2.49. The number of alkyl halides is 3. The van der Waals surface area contributed by atoms with Crippen LogP contribution in [0.15, 0.2) is 24.4 Å². The van der Waals surface area contributed by atoms with Crippen molar-refractivity contribution in [3.05, 3.63) is 41.2 Å². The number of piperidine rings is 1. The second kappa shape index (κ2) is 13.7. The van der Waals surface area contributed by atoms with Crippen LogP contribution < -0.4 is 15.0 Å². The number of fused-ring (bicyclic) bond motifs is 2. The molecule has 2 saturated carbocycles. The summed E-state index contributed by atoms with van der Waals surface area (Å²) in [6, 6.07) is 6.42. The number of halogens is 3. The molecule has 1 spiro atoms. The molecule has 0 unspecified atom stereocenters. The number of aromatic nitrogens is 2. The van der Waals surface area contributed by atoms with Crippen LogP contribution in [0.25, 0.3) is 0 Å². The third-order valence-electron chi connectivity index (χ3n) is 11.8. The highest BCUT2D eigenvalue weighted by atomic mass is 19.4. The number of carbonyl (C=O) groups is 2. The SMILES string of the molecule is O=C(NC1(C(=O)O)CCCCC1)c1cnc(N2CC3(CCN(C4CCC4)CC3)c3cc(OCCC4CCOCC4)ccc32)nc1C(F)(F)F. The smallest absolute Gasteiger partial charge is 0.434 e. The molecule has 10 nitrogen and oxygen atoms in total. The third-order valence-corrected chi connectivity index (χ3v) is 11.8. The number of hydrogen-bond donors (Lipinski definition) is 2. The normalized spacial score (nSPS) is 22.8. The molecule has 49 heavy (non-hydrogen) atoms. The highest BCUT2D eigenvalue weighted by Crippen LogP contribution is 2.51. The van der Waals surface area contributed by atoms with Gasteiger partial charge in [0.2, 0.25) is 5.95 Å². The van der Waals surface area contributed by atoms with E-state index in [2.05, 4.69) is 26.3 Å². The summed E-state index contributed by atoms with van der Waals surface area (Å²) in [5, 5.41) is 12.3. The van der Waals surface area contributed by atoms with E-state index in [9.17, 15) is 27.9 Å². The zero-order valence-electron chi connectivity index (χ0n) is 27.9. The molecular formula is C36H46F3N5O5. The minimum absolute atomic E-state index is 0.137. The lowest BCUT2D eigenvalue weighted by atomic mass is 9.73. The number of aliphatic carboxylic acids is 1. The zero-order valence-corrected chi connectivity index (χ0v) is 27.9. The van der Waals surface area contributed by atoms with Crippen LogP contribution in [0.1, 0.15) is 105 Å². The van der Waals surface area contributed by atoms with Gasteiger partial charge in [-0.3, -0.25) is 4.79 Å². The molecule has 3 aliphatic heterocycles. The van der Waals surface area contributed by atoms with Crippen molar-refractivity contribution in [2.75, 3.05) is 44.4 Å². The first-order valence-electron chi connectivity index (χ1n) is 17.9. The fraction of sp³-hybridized carbons (Fsp3) is 0.667. The van der Waals surface area contributed by atoms with E-state index < -0.39 is 34.8 Å². The number of anilines is 2. The van der Waals surface area contributed by atoms with E-state index in [1.54, 1.807) is 4.90 Å². The van der Waals surface area contributed by atoms with Gasteiger partial charge in [0.1, 0.15) is 11.3 Å². The van der Waals surface area contributed by atoms with Gasteiger partial charge in [-0.2, -0.15) is 13.2 Å². The van der Waals surface area contributed by atoms with Crippen molar-refractivity contribution in [3.63, 3.8) is 0 Å². The fourth-order valence-corrected chi connectivity index (χ4v) is 8.51. The van der Waals surface area contributed by atoms with E-state index in [4.69, 9.17) is 9.47 Å². The van der Waals surface area contributed by atoms with Crippen molar-refractivity contribution in [3.8, 4) is 5.75 Å². The standard InChI is InChI=1S/C36H46F3N5O5/c37-36(38,39)30-27(31(45)42-35(32(46)47)12-2-1-3-13-35)22-40-33(41-30)44-23-34(14-16-43(17-15-34)25-5-4-6-25)28-21-26(7-8-29(28)44)49-20-11-24-9-18-48-19-10-24/h7-8,21-22,24-25H,1-6,9-20,23H2,(H,42,45)(H,46,47). The van der Waals surface area contributed by atoms with Gasteiger partial charge in [0.15, 0.2) is 5.69 Å². The molecule has 266 valence electrons. The van der Waals surface area contributed by atoms with Crippen molar-refractivity contribution in [2.45, 2.75) is 107 Å². The number of nitrogens with one attached hydrogen (secondary N) is 1. The van der Waals surface area contributed by atoms with Crippen LogP contribution in [0.4, 0.5) is 24.8 Å². The molecule has 0 radical (unpaired) electrons. The number of nitrogens with zero attached hydrogens (tertiary/aromatic N) is 4. The lowest BCUT2D eigenvalue weighted by Crippen LogP contribution is -2.55. The summed E-state index contributed by atoms with van der Waals surface area (Å²) >= 11 is 0. The Morgan fingerprint density at radius 2 is 1.76 bits per heavy atom. The van der Waals surface area contributed by atoms with Crippen LogP contribution in [0.2, 0.25) is 0 Å². The monoisotopic (exact) mass is 685 g/mol. The highest BCUT2D eigenvalue weighted by molar-refractivity contribution is 5.98. The molecule has 2 saturated heterocycles. The van der Waals surface area contributed by atoms with E-state index in [0.29, 0.717) is 38.0 Å². The first-order chi connectivity index (χ1) is 23.6. The van der Waals surface area contributed by atoms with E-state index in [1.165, 1.54) is 19.3 Å². The number of rotatable bonds is 9. The van der Waals surface area contributed by atoms with Gasteiger partial charge in [-0.25, -0.2) is 14.8 Å². The molecule has 2 aromatic rings. The Hall–Kier alpha value is -3.45. The lowest BCUT2D eigenvalue weighted by molar-refractivity contribution is -0.145. The van der Waals surface area contributed by atoms with Crippen molar-refractivity contribution < 1.29 is 37.3 Å². The summed E-state index contributed by atoms with van der Waals surface area (Å²) in [6.07, 6.45) is 6.54. The average molecular weight is 686 g/mol. The largest absolute Gasteiger partial charge is 0.494 e. The Bertz CT molecular complexity index is 1530. The van der Waals surface area contributed by atoms with E-state index in [1.807, 2.05) is 12.1 Å².